The molecule has 0 radical (unpaired) electrons. The first-order valence-corrected chi connectivity index (χ1v) is 12.5. The quantitative estimate of drug-likeness (QED) is 0.338. The number of benzene rings is 2. The van der Waals surface area contributed by atoms with Gasteiger partial charge in [0.25, 0.3) is 0 Å². The summed E-state index contributed by atoms with van der Waals surface area (Å²) in [5.41, 5.74) is 0. The lowest BCUT2D eigenvalue weighted by Gasteiger charge is -2.34. The number of unbranched alkanes of at least 4 members (excludes halogenated alkanes) is 4. The Hall–Kier alpha value is -1.42. The minimum atomic E-state index is -2.72. The fraction of sp³-hybridized carbons (Fsp3) is 0.500. The van der Waals surface area contributed by atoms with Crippen LogP contribution in [0.2, 0.25) is 0 Å². The Morgan fingerprint density at radius 3 is 1.81 bits per heavy atom. The lowest BCUT2D eigenvalue weighted by Crippen LogP contribution is -2.64. The molecule has 0 bridgehead atoms. The van der Waals surface area contributed by atoms with Crippen LogP contribution < -0.4 is 10.4 Å². The average Bonchev–Trinajstić information content (AvgIpc) is 2.72. The second-order valence-corrected chi connectivity index (χ2v) is 10.2. The van der Waals surface area contributed by atoms with Crippen molar-refractivity contribution in [2.24, 2.45) is 0 Å². The first kappa shape index (κ1) is 21.9. The van der Waals surface area contributed by atoms with Crippen molar-refractivity contribution in [1.29, 1.82) is 0 Å². The molecule has 2 aromatic rings. The lowest BCUT2D eigenvalue weighted by atomic mass is 10.2. The van der Waals surface area contributed by atoms with Gasteiger partial charge in [-0.2, -0.15) is 0 Å². The molecule has 148 valence electrons. The van der Waals surface area contributed by atoms with Crippen LogP contribution in [0.1, 0.15) is 65.7 Å². The van der Waals surface area contributed by atoms with Gasteiger partial charge in [-0.25, -0.2) is 0 Å². The summed E-state index contributed by atoms with van der Waals surface area (Å²) < 4.78 is 13.6. The van der Waals surface area contributed by atoms with Gasteiger partial charge in [-0.15, -0.1) is 0 Å². The summed E-state index contributed by atoms with van der Waals surface area (Å²) in [5.74, 6) is 0. The second-order valence-electron chi connectivity index (χ2n) is 7.33. The van der Waals surface area contributed by atoms with Crippen molar-refractivity contribution in [1.82, 2.24) is 0 Å². The third-order valence-electron chi connectivity index (χ3n) is 4.94. The molecular formula is C24H36O2Si. The van der Waals surface area contributed by atoms with E-state index in [1.54, 1.807) is 0 Å². The van der Waals surface area contributed by atoms with Crippen LogP contribution in [0.25, 0.3) is 0 Å². The van der Waals surface area contributed by atoms with Crippen molar-refractivity contribution < 1.29 is 8.85 Å². The van der Waals surface area contributed by atoms with E-state index >= 15 is 0 Å². The van der Waals surface area contributed by atoms with E-state index in [0.717, 1.165) is 19.4 Å². The summed E-state index contributed by atoms with van der Waals surface area (Å²) in [6.45, 7) is 7.43. The fourth-order valence-corrected chi connectivity index (χ4v) is 6.78. The van der Waals surface area contributed by atoms with Crippen LogP contribution in [0, 0.1) is 0 Å². The first-order chi connectivity index (χ1) is 13.2. The number of hydrogen-bond donors (Lipinski definition) is 0. The zero-order valence-electron chi connectivity index (χ0n) is 17.3. The van der Waals surface area contributed by atoms with E-state index in [1.165, 1.54) is 42.5 Å². The van der Waals surface area contributed by atoms with Gasteiger partial charge in [0.15, 0.2) is 0 Å². The van der Waals surface area contributed by atoms with Crippen LogP contribution >= 0.6 is 0 Å². The Morgan fingerprint density at radius 2 is 1.30 bits per heavy atom. The molecule has 0 fully saturated rings. The summed E-state index contributed by atoms with van der Waals surface area (Å²) >= 11 is 0. The molecule has 0 saturated carbocycles. The molecule has 3 heteroatoms. The van der Waals surface area contributed by atoms with E-state index < -0.39 is 8.56 Å². The zero-order chi connectivity index (χ0) is 19.4. The molecule has 0 aliphatic carbocycles. The van der Waals surface area contributed by atoms with Crippen molar-refractivity contribution >= 4 is 18.9 Å². The van der Waals surface area contributed by atoms with Crippen LogP contribution in [0.15, 0.2) is 60.7 Å². The fourth-order valence-electron chi connectivity index (χ4n) is 3.40. The maximum Gasteiger partial charge on any atom is 0.407 e. The van der Waals surface area contributed by atoms with Crippen molar-refractivity contribution in [3.05, 3.63) is 60.7 Å². The maximum atomic E-state index is 6.84. The Labute approximate surface area is 167 Å². The van der Waals surface area contributed by atoms with Crippen LogP contribution in [0.4, 0.5) is 0 Å². The predicted molar refractivity (Wildman–Crippen MR) is 118 cm³/mol. The van der Waals surface area contributed by atoms with Crippen molar-refractivity contribution in [3.8, 4) is 0 Å². The highest BCUT2D eigenvalue weighted by Gasteiger charge is 2.43. The lowest BCUT2D eigenvalue weighted by molar-refractivity contribution is 0.132. The Morgan fingerprint density at radius 1 is 0.741 bits per heavy atom. The van der Waals surface area contributed by atoms with E-state index in [-0.39, 0.29) is 6.10 Å². The topological polar surface area (TPSA) is 18.5 Å². The molecule has 0 aliphatic rings. The minimum absolute atomic E-state index is 0.188. The summed E-state index contributed by atoms with van der Waals surface area (Å²) in [6, 6.07) is 21.2. The molecule has 0 saturated heterocycles. The van der Waals surface area contributed by atoms with Crippen molar-refractivity contribution in [2.45, 2.75) is 71.8 Å². The highest BCUT2D eigenvalue weighted by molar-refractivity contribution is 6.92. The van der Waals surface area contributed by atoms with Gasteiger partial charge in [0, 0.05) is 12.7 Å². The third-order valence-corrected chi connectivity index (χ3v) is 8.47. The molecule has 0 amide bonds. The monoisotopic (exact) mass is 384 g/mol. The predicted octanol–water partition coefficient (Wildman–Crippen LogP) is 5.44. The highest BCUT2D eigenvalue weighted by atomic mass is 28.4. The molecule has 2 aromatic carbocycles. The van der Waals surface area contributed by atoms with Gasteiger partial charge in [-0.3, -0.25) is 0 Å². The maximum absolute atomic E-state index is 6.84. The Balaban J connectivity index is 2.32. The Kier molecular flexibility index (Phi) is 9.82. The Bertz CT molecular complexity index is 575. The molecule has 27 heavy (non-hydrogen) atoms. The molecule has 0 N–H and O–H groups in total. The van der Waals surface area contributed by atoms with E-state index in [4.69, 9.17) is 8.85 Å². The van der Waals surface area contributed by atoms with Gasteiger partial charge in [-0.05, 0) is 30.1 Å². The average molecular weight is 385 g/mol. The number of rotatable bonds is 13. The molecule has 0 aliphatic heterocycles. The van der Waals surface area contributed by atoms with Crippen LogP contribution in [0.5, 0.6) is 0 Å². The summed E-state index contributed by atoms with van der Waals surface area (Å²) in [5, 5.41) is 2.41. The molecular weight excluding hydrogens is 348 g/mol. The van der Waals surface area contributed by atoms with Crippen LogP contribution in [-0.2, 0) is 8.85 Å². The van der Waals surface area contributed by atoms with E-state index in [1.807, 2.05) is 0 Å². The van der Waals surface area contributed by atoms with Gasteiger partial charge >= 0.3 is 8.56 Å². The molecule has 0 spiro atoms. The SMILES string of the molecule is CCCCCCO[Si](OC(C)CCCC)(c1ccccc1)c1ccccc1. The highest BCUT2D eigenvalue weighted by Crippen LogP contribution is 2.17. The van der Waals surface area contributed by atoms with Gasteiger partial charge in [0.05, 0.1) is 0 Å². The van der Waals surface area contributed by atoms with Gasteiger partial charge < -0.3 is 8.85 Å². The molecule has 2 nitrogen and oxygen atoms in total. The molecule has 0 heterocycles. The summed E-state index contributed by atoms with van der Waals surface area (Å²) in [7, 11) is -2.72. The van der Waals surface area contributed by atoms with Gasteiger partial charge in [-0.1, -0.05) is 107 Å². The molecule has 1 unspecified atom stereocenters. The second kappa shape index (κ2) is 12.1. The summed E-state index contributed by atoms with van der Waals surface area (Å²) in [6.07, 6.45) is 8.46. The number of hydrogen-bond acceptors (Lipinski definition) is 2. The van der Waals surface area contributed by atoms with Gasteiger partial charge in [0.1, 0.15) is 0 Å². The standard InChI is InChI=1S/C24H36O2Si/c1-4-6-8-15-21-25-27(23-17-11-9-12-18-23,24-19-13-10-14-20-24)26-22(3)16-7-5-2/h9-14,17-20,22H,4-8,15-16,21H2,1-3H3. The van der Waals surface area contributed by atoms with Crippen molar-refractivity contribution in [2.75, 3.05) is 6.61 Å². The normalized spacial score (nSPS) is 12.9. The molecule has 1 atom stereocenters. The van der Waals surface area contributed by atoms with Crippen LogP contribution in [0.3, 0.4) is 0 Å². The third kappa shape index (κ3) is 6.60. The minimum Gasteiger partial charge on any atom is -0.388 e. The van der Waals surface area contributed by atoms with Crippen molar-refractivity contribution in [3.63, 3.8) is 0 Å². The van der Waals surface area contributed by atoms with E-state index in [0.29, 0.717) is 0 Å². The van der Waals surface area contributed by atoms with E-state index in [9.17, 15) is 0 Å². The van der Waals surface area contributed by atoms with Gasteiger partial charge in [0.2, 0.25) is 0 Å². The smallest absolute Gasteiger partial charge is 0.388 e. The zero-order valence-corrected chi connectivity index (χ0v) is 18.3. The van der Waals surface area contributed by atoms with Crippen LogP contribution in [-0.4, -0.2) is 21.3 Å². The molecule has 2 rings (SSSR count). The first-order valence-electron chi connectivity index (χ1n) is 10.7. The van der Waals surface area contributed by atoms with E-state index in [2.05, 4.69) is 81.4 Å². The summed E-state index contributed by atoms with van der Waals surface area (Å²) in [4.78, 5) is 0. The largest absolute Gasteiger partial charge is 0.407 e. The molecule has 0 aromatic heterocycles.